The Balaban J connectivity index is 2.34. The van der Waals surface area contributed by atoms with Crippen molar-refractivity contribution in [3.8, 4) is 0 Å². The Morgan fingerprint density at radius 3 is 2.71 bits per heavy atom. The molecule has 0 radical (unpaired) electrons. The first kappa shape index (κ1) is 13.0. The quantitative estimate of drug-likeness (QED) is 0.839. The summed E-state index contributed by atoms with van der Waals surface area (Å²) in [6, 6.07) is 7.08. The van der Waals surface area contributed by atoms with Crippen molar-refractivity contribution in [2.75, 3.05) is 5.73 Å². The first-order chi connectivity index (χ1) is 8.06. The predicted molar refractivity (Wildman–Crippen MR) is 76.9 cm³/mol. The molecule has 88 valence electrons. The van der Waals surface area contributed by atoms with Gasteiger partial charge in [-0.05, 0) is 40.2 Å². The third-order valence-corrected chi connectivity index (χ3v) is 4.15. The van der Waals surface area contributed by atoms with E-state index in [2.05, 4.69) is 20.9 Å². The Bertz CT molecular complexity index is 563. The number of anilines is 1. The van der Waals surface area contributed by atoms with Gasteiger partial charge in [0.2, 0.25) is 0 Å². The molecule has 0 fully saturated rings. The van der Waals surface area contributed by atoms with Gasteiger partial charge in [0.15, 0.2) is 0 Å². The van der Waals surface area contributed by atoms with Crippen LogP contribution in [0.5, 0.6) is 0 Å². The summed E-state index contributed by atoms with van der Waals surface area (Å²) < 4.78 is 0.844. The van der Waals surface area contributed by atoms with E-state index in [1.54, 1.807) is 30.5 Å². The Morgan fingerprint density at radius 1 is 1.24 bits per heavy atom. The standard InChI is InChI=1S/C11H7BrCl2N2S/c12-6-3-9(15)11(16-5-6)17-10-4-7(13)1-2-8(10)14/h1-5H,15H2. The summed E-state index contributed by atoms with van der Waals surface area (Å²) in [7, 11) is 0. The van der Waals surface area contributed by atoms with Crippen LogP contribution in [-0.2, 0) is 0 Å². The molecule has 0 aliphatic carbocycles. The van der Waals surface area contributed by atoms with E-state index in [1.807, 2.05) is 0 Å². The summed E-state index contributed by atoms with van der Waals surface area (Å²) in [5.74, 6) is 0. The molecule has 0 saturated carbocycles. The number of benzene rings is 1. The maximum Gasteiger partial charge on any atom is 0.124 e. The van der Waals surface area contributed by atoms with E-state index in [-0.39, 0.29) is 0 Å². The van der Waals surface area contributed by atoms with Crippen LogP contribution in [0.1, 0.15) is 0 Å². The molecule has 0 spiro atoms. The van der Waals surface area contributed by atoms with Gasteiger partial charge in [-0.15, -0.1) is 0 Å². The van der Waals surface area contributed by atoms with Gasteiger partial charge in [0.25, 0.3) is 0 Å². The monoisotopic (exact) mass is 348 g/mol. The first-order valence-corrected chi connectivity index (χ1v) is 6.97. The van der Waals surface area contributed by atoms with Crippen molar-refractivity contribution in [1.29, 1.82) is 0 Å². The summed E-state index contributed by atoms with van der Waals surface area (Å²) in [6.07, 6.45) is 1.69. The van der Waals surface area contributed by atoms with Gasteiger partial charge in [-0.3, -0.25) is 0 Å². The van der Waals surface area contributed by atoms with Gasteiger partial charge >= 0.3 is 0 Å². The molecule has 0 amide bonds. The molecule has 0 bridgehead atoms. The summed E-state index contributed by atoms with van der Waals surface area (Å²) in [5, 5.41) is 1.97. The second-order valence-corrected chi connectivity index (χ2v) is 6.01. The van der Waals surface area contributed by atoms with Gasteiger partial charge < -0.3 is 5.73 Å². The van der Waals surface area contributed by atoms with Gasteiger partial charge in [-0.2, -0.15) is 0 Å². The van der Waals surface area contributed by atoms with E-state index in [0.29, 0.717) is 20.8 Å². The third-order valence-electron chi connectivity index (χ3n) is 1.95. The minimum Gasteiger partial charge on any atom is -0.397 e. The highest BCUT2D eigenvalue weighted by Crippen LogP contribution is 2.36. The molecule has 2 aromatic rings. The second-order valence-electron chi connectivity index (χ2n) is 3.22. The molecule has 2 N–H and O–H groups in total. The number of nitrogens with zero attached hydrogens (tertiary/aromatic N) is 1. The van der Waals surface area contributed by atoms with E-state index in [9.17, 15) is 0 Å². The van der Waals surface area contributed by atoms with E-state index in [4.69, 9.17) is 28.9 Å². The normalized spacial score (nSPS) is 10.5. The highest BCUT2D eigenvalue weighted by Gasteiger charge is 2.08. The van der Waals surface area contributed by atoms with Crippen LogP contribution in [-0.4, -0.2) is 4.98 Å². The minimum absolute atomic E-state index is 0.598. The molecule has 1 aromatic carbocycles. The molecule has 1 heterocycles. The number of halogens is 3. The van der Waals surface area contributed by atoms with Gasteiger partial charge in [-0.1, -0.05) is 35.0 Å². The zero-order valence-corrected chi connectivity index (χ0v) is 12.4. The SMILES string of the molecule is Nc1cc(Br)cnc1Sc1cc(Cl)ccc1Cl. The third kappa shape index (κ3) is 3.28. The zero-order valence-electron chi connectivity index (χ0n) is 8.45. The van der Waals surface area contributed by atoms with Gasteiger partial charge in [0, 0.05) is 20.6 Å². The molecule has 0 saturated heterocycles. The van der Waals surface area contributed by atoms with Gasteiger partial charge in [-0.25, -0.2) is 4.98 Å². The van der Waals surface area contributed by atoms with Crippen LogP contribution < -0.4 is 5.73 Å². The Hall–Kier alpha value is -0.420. The average Bonchev–Trinajstić information content (AvgIpc) is 2.27. The Labute approximate surface area is 122 Å². The van der Waals surface area contributed by atoms with E-state index < -0.39 is 0 Å². The summed E-state index contributed by atoms with van der Waals surface area (Å²) in [5.41, 5.74) is 6.47. The second kappa shape index (κ2) is 5.48. The fraction of sp³-hybridized carbons (Fsp3) is 0. The summed E-state index contributed by atoms with van der Waals surface area (Å²) >= 11 is 16.7. The van der Waals surface area contributed by atoms with E-state index in [0.717, 1.165) is 9.37 Å². The van der Waals surface area contributed by atoms with Crippen molar-refractivity contribution in [2.24, 2.45) is 0 Å². The highest BCUT2D eigenvalue weighted by atomic mass is 79.9. The number of aromatic nitrogens is 1. The Kier molecular flexibility index (Phi) is 4.20. The fourth-order valence-electron chi connectivity index (χ4n) is 1.19. The van der Waals surface area contributed by atoms with Crippen LogP contribution in [0, 0.1) is 0 Å². The molecular weight excluding hydrogens is 343 g/mol. The molecule has 17 heavy (non-hydrogen) atoms. The number of nitrogens with two attached hydrogens (primary N) is 1. The van der Waals surface area contributed by atoms with Crippen LogP contribution in [0.15, 0.2) is 44.9 Å². The Morgan fingerprint density at radius 2 is 2.00 bits per heavy atom. The van der Waals surface area contributed by atoms with E-state index in [1.165, 1.54) is 11.8 Å². The lowest BCUT2D eigenvalue weighted by atomic mass is 10.4. The minimum atomic E-state index is 0.598. The van der Waals surface area contributed by atoms with Crippen LogP contribution >= 0.6 is 50.9 Å². The first-order valence-electron chi connectivity index (χ1n) is 4.60. The fourth-order valence-corrected chi connectivity index (χ4v) is 2.85. The number of nitrogen functional groups attached to an aromatic ring is 1. The number of rotatable bonds is 2. The largest absolute Gasteiger partial charge is 0.397 e. The molecule has 0 atom stereocenters. The molecule has 0 aliphatic rings. The lowest BCUT2D eigenvalue weighted by Gasteiger charge is -2.06. The van der Waals surface area contributed by atoms with Crippen molar-refractivity contribution >= 4 is 56.6 Å². The van der Waals surface area contributed by atoms with Crippen molar-refractivity contribution in [2.45, 2.75) is 9.92 Å². The molecule has 6 heteroatoms. The van der Waals surface area contributed by atoms with Crippen LogP contribution in [0.25, 0.3) is 0 Å². The summed E-state index contributed by atoms with van der Waals surface area (Å²) in [4.78, 5) is 5.07. The lowest BCUT2D eigenvalue weighted by Crippen LogP contribution is -1.91. The van der Waals surface area contributed by atoms with Crippen LogP contribution in [0.4, 0.5) is 5.69 Å². The molecule has 2 rings (SSSR count). The summed E-state index contributed by atoms with van der Waals surface area (Å²) in [6.45, 7) is 0. The van der Waals surface area contributed by atoms with Crippen molar-refractivity contribution in [1.82, 2.24) is 4.98 Å². The molecular formula is C11H7BrCl2N2S. The number of pyridine rings is 1. The molecule has 2 nitrogen and oxygen atoms in total. The molecule has 0 unspecified atom stereocenters. The highest BCUT2D eigenvalue weighted by molar-refractivity contribution is 9.10. The number of hydrogen-bond acceptors (Lipinski definition) is 3. The molecule has 0 aliphatic heterocycles. The van der Waals surface area contributed by atoms with Crippen molar-refractivity contribution in [3.63, 3.8) is 0 Å². The average molecular weight is 350 g/mol. The van der Waals surface area contributed by atoms with Crippen molar-refractivity contribution < 1.29 is 0 Å². The van der Waals surface area contributed by atoms with Crippen molar-refractivity contribution in [3.05, 3.63) is 45.0 Å². The van der Waals surface area contributed by atoms with Crippen LogP contribution in [0.3, 0.4) is 0 Å². The van der Waals surface area contributed by atoms with Crippen LogP contribution in [0.2, 0.25) is 10.0 Å². The van der Waals surface area contributed by atoms with Gasteiger partial charge in [0.1, 0.15) is 5.03 Å². The lowest BCUT2D eigenvalue weighted by molar-refractivity contribution is 1.13. The maximum absolute atomic E-state index is 6.07. The predicted octanol–water partition coefficient (Wildman–Crippen LogP) is 4.88. The number of hydrogen-bond donors (Lipinski definition) is 1. The molecule has 1 aromatic heterocycles. The topological polar surface area (TPSA) is 38.9 Å². The van der Waals surface area contributed by atoms with Gasteiger partial charge in [0.05, 0.1) is 10.7 Å². The van der Waals surface area contributed by atoms with E-state index >= 15 is 0 Å². The zero-order chi connectivity index (χ0) is 12.4. The smallest absolute Gasteiger partial charge is 0.124 e. The maximum atomic E-state index is 6.07.